The van der Waals surface area contributed by atoms with Crippen LogP contribution in [-0.2, 0) is 9.53 Å². The molecule has 0 bridgehead atoms. The smallest absolute Gasteiger partial charge is 0.338 e. The van der Waals surface area contributed by atoms with Gasteiger partial charge in [-0.3, -0.25) is 4.90 Å². The molecule has 0 radical (unpaired) electrons. The molecule has 0 spiro atoms. The second kappa shape index (κ2) is 6.87. The van der Waals surface area contributed by atoms with E-state index in [1.54, 1.807) is 0 Å². The number of carbonyl (C=O) groups excluding carboxylic acids is 1. The van der Waals surface area contributed by atoms with Gasteiger partial charge in [-0.2, -0.15) is 0 Å². The van der Waals surface area contributed by atoms with E-state index in [1.807, 2.05) is 0 Å². The zero-order valence-electron chi connectivity index (χ0n) is 12.8. The van der Waals surface area contributed by atoms with Crippen LogP contribution in [0.3, 0.4) is 0 Å². The summed E-state index contributed by atoms with van der Waals surface area (Å²) in [5.41, 5.74) is -1.39. The van der Waals surface area contributed by atoms with Gasteiger partial charge in [0.1, 0.15) is 0 Å². The Kier molecular flexibility index (Phi) is 5.41. The maximum Gasteiger partial charge on any atom is 0.338 e. The van der Waals surface area contributed by atoms with E-state index in [4.69, 9.17) is 0 Å². The summed E-state index contributed by atoms with van der Waals surface area (Å²) >= 11 is 0. The minimum Gasteiger partial charge on any atom is -0.467 e. The molecule has 5 nitrogen and oxygen atoms in total. The molecule has 0 saturated carbocycles. The number of ether oxygens (including phenoxy) is 1. The third kappa shape index (κ3) is 4.17. The summed E-state index contributed by atoms with van der Waals surface area (Å²) in [4.78, 5) is 16.2. The van der Waals surface area contributed by atoms with E-state index in [0.717, 1.165) is 31.8 Å². The van der Waals surface area contributed by atoms with Crippen LogP contribution in [0.1, 0.15) is 32.6 Å². The lowest BCUT2D eigenvalue weighted by Gasteiger charge is -2.36. The van der Waals surface area contributed by atoms with Crippen molar-refractivity contribution in [1.29, 1.82) is 0 Å². The second-order valence-corrected chi connectivity index (χ2v) is 6.49. The van der Waals surface area contributed by atoms with Crippen molar-refractivity contribution in [2.24, 2.45) is 5.92 Å². The average molecular weight is 284 g/mol. The van der Waals surface area contributed by atoms with Crippen LogP contribution in [0, 0.1) is 5.92 Å². The quantitative estimate of drug-likeness (QED) is 0.754. The highest BCUT2D eigenvalue weighted by Crippen LogP contribution is 2.22. The molecule has 2 rings (SSSR count). The lowest BCUT2D eigenvalue weighted by molar-refractivity contribution is -0.162. The molecule has 2 saturated heterocycles. The number of nitrogens with zero attached hydrogens (tertiary/aromatic N) is 2. The van der Waals surface area contributed by atoms with Gasteiger partial charge in [0.25, 0.3) is 0 Å². The number of likely N-dealkylation sites (tertiary alicyclic amines) is 2. The van der Waals surface area contributed by atoms with E-state index >= 15 is 0 Å². The topological polar surface area (TPSA) is 53.0 Å². The SMILES string of the molecule is COC(=O)C(C)(O)CN1CCC(CN2CCCC2)CC1. The highest BCUT2D eigenvalue weighted by Gasteiger charge is 2.35. The van der Waals surface area contributed by atoms with Crippen LogP contribution < -0.4 is 0 Å². The van der Waals surface area contributed by atoms with Crippen molar-refractivity contribution >= 4 is 5.97 Å². The van der Waals surface area contributed by atoms with Crippen LogP contribution in [0.15, 0.2) is 0 Å². The van der Waals surface area contributed by atoms with Gasteiger partial charge >= 0.3 is 5.97 Å². The molecule has 2 aliphatic heterocycles. The normalized spacial score (nSPS) is 25.6. The Bertz CT molecular complexity index is 319. The van der Waals surface area contributed by atoms with Gasteiger partial charge in [-0.15, -0.1) is 0 Å². The van der Waals surface area contributed by atoms with Gasteiger partial charge in [0.2, 0.25) is 0 Å². The summed E-state index contributed by atoms with van der Waals surface area (Å²) in [6, 6.07) is 0. The molecule has 2 aliphatic rings. The Morgan fingerprint density at radius 2 is 1.80 bits per heavy atom. The summed E-state index contributed by atoms with van der Waals surface area (Å²) in [7, 11) is 1.32. The predicted octanol–water partition coefficient (Wildman–Crippen LogP) is 0.718. The number of esters is 1. The number of methoxy groups -OCH3 is 1. The van der Waals surface area contributed by atoms with Gasteiger partial charge in [0, 0.05) is 13.1 Å². The molecule has 1 unspecified atom stereocenters. The molecule has 5 heteroatoms. The minimum atomic E-state index is -1.39. The van der Waals surface area contributed by atoms with E-state index in [2.05, 4.69) is 14.5 Å². The molecule has 116 valence electrons. The first-order valence-electron chi connectivity index (χ1n) is 7.77. The highest BCUT2D eigenvalue weighted by molar-refractivity contribution is 5.78. The van der Waals surface area contributed by atoms with Crippen LogP contribution in [0.5, 0.6) is 0 Å². The van der Waals surface area contributed by atoms with E-state index in [1.165, 1.54) is 46.5 Å². The molecule has 0 amide bonds. The van der Waals surface area contributed by atoms with E-state index in [0.29, 0.717) is 6.54 Å². The van der Waals surface area contributed by atoms with Gasteiger partial charge in [0.15, 0.2) is 5.60 Å². The maximum atomic E-state index is 11.5. The van der Waals surface area contributed by atoms with Crippen molar-refractivity contribution < 1.29 is 14.6 Å². The zero-order chi connectivity index (χ0) is 14.6. The molecule has 1 atom stereocenters. The summed E-state index contributed by atoms with van der Waals surface area (Å²) in [6.45, 7) is 7.58. The first-order valence-corrected chi connectivity index (χ1v) is 7.77. The largest absolute Gasteiger partial charge is 0.467 e. The number of rotatable bonds is 5. The van der Waals surface area contributed by atoms with E-state index in [9.17, 15) is 9.90 Å². The van der Waals surface area contributed by atoms with Crippen LogP contribution in [-0.4, -0.2) is 72.9 Å². The fourth-order valence-electron chi connectivity index (χ4n) is 3.38. The second-order valence-electron chi connectivity index (χ2n) is 6.49. The lowest BCUT2D eigenvalue weighted by Crippen LogP contribution is -2.50. The van der Waals surface area contributed by atoms with Crippen LogP contribution >= 0.6 is 0 Å². The third-order valence-electron chi connectivity index (χ3n) is 4.58. The molecule has 0 aromatic heterocycles. The Labute approximate surface area is 121 Å². The number of hydrogen-bond acceptors (Lipinski definition) is 5. The van der Waals surface area contributed by atoms with E-state index in [-0.39, 0.29) is 0 Å². The van der Waals surface area contributed by atoms with Gasteiger partial charge in [-0.25, -0.2) is 4.79 Å². The predicted molar refractivity (Wildman–Crippen MR) is 77.5 cm³/mol. The highest BCUT2D eigenvalue weighted by atomic mass is 16.5. The molecule has 0 aromatic rings. The van der Waals surface area contributed by atoms with Gasteiger partial charge in [0.05, 0.1) is 7.11 Å². The molecular formula is C15H28N2O3. The fraction of sp³-hybridized carbons (Fsp3) is 0.933. The molecular weight excluding hydrogens is 256 g/mol. The van der Waals surface area contributed by atoms with Crippen molar-refractivity contribution in [2.75, 3.05) is 46.4 Å². The van der Waals surface area contributed by atoms with Gasteiger partial charge < -0.3 is 14.7 Å². The standard InChI is InChI=1S/C15H28N2O3/c1-15(19,14(18)20-2)12-17-9-5-13(6-10-17)11-16-7-3-4-8-16/h13,19H,3-12H2,1-2H3. The number of hydrogen-bond donors (Lipinski definition) is 1. The third-order valence-corrected chi connectivity index (χ3v) is 4.58. The molecule has 2 heterocycles. The number of aliphatic hydroxyl groups is 1. The Balaban J connectivity index is 1.72. The van der Waals surface area contributed by atoms with Crippen molar-refractivity contribution in [3.05, 3.63) is 0 Å². The molecule has 20 heavy (non-hydrogen) atoms. The Morgan fingerprint density at radius 1 is 1.20 bits per heavy atom. The summed E-state index contributed by atoms with van der Waals surface area (Å²) in [6.07, 6.45) is 5.02. The number of carbonyl (C=O) groups is 1. The van der Waals surface area contributed by atoms with Crippen molar-refractivity contribution in [2.45, 2.75) is 38.2 Å². The molecule has 0 aromatic carbocycles. The van der Waals surface area contributed by atoms with Crippen LogP contribution in [0.2, 0.25) is 0 Å². The molecule has 1 N–H and O–H groups in total. The van der Waals surface area contributed by atoms with Crippen LogP contribution in [0.25, 0.3) is 0 Å². The minimum absolute atomic E-state index is 0.371. The Hall–Kier alpha value is -0.650. The lowest BCUT2D eigenvalue weighted by atomic mass is 9.95. The maximum absolute atomic E-state index is 11.5. The van der Waals surface area contributed by atoms with E-state index < -0.39 is 11.6 Å². The molecule has 2 fully saturated rings. The summed E-state index contributed by atoms with van der Waals surface area (Å²) in [5, 5.41) is 10.1. The number of β-amino-alcohol motifs (C(OH)–C–C–N with tert-alkyl or cyclic N) is 1. The summed E-state index contributed by atoms with van der Waals surface area (Å²) < 4.78 is 4.64. The van der Waals surface area contributed by atoms with Crippen molar-refractivity contribution in [3.8, 4) is 0 Å². The van der Waals surface area contributed by atoms with Gasteiger partial charge in [-0.05, 0) is 64.7 Å². The van der Waals surface area contributed by atoms with Gasteiger partial charge in [-0.1, -0.05) is 0 Å². The number of piperidine rings is 1. The first-order chi connectivity index (χ1) is 9.51. The first kappa shape index (κ1) is 15.7. The zero-order valence-corrected chi connectivity index (χ0v) is 12.8. The van der Waals surface area contributed by atoms with Crippen molar-refractivity contribution in [3.63, 3.8) is 0 Å². The Morgan fingerprint density at radius 3 is 2.35 bits per heavy atom. The molecule has 0 aliphatic carbocycles. The summed E-state index contributed by atoms with van der Waals surface area (Å²) in [5.74, 6) is 0.226. The fourth-order valence-corrected chi connectivity index (χ4v) is 3.38. The monoisotopic (exact) mass is 284 g/mol. The average Bonchev–Trinajstić information content (AvgIpc) is 2.92. The van der Waals surface area contributed by atoms with Crippen LogP contribution in [0.4, 0.5) is 0 Å². The van der Waals surface area contributed by atoms with Crippen molar-refractivity contribution in [1.82, 2.24) is 9.80 Å².